The summed E-state index contributed by atoms with van der Waals surface area (Å²) in [6.07, 6.45) is 2.24. The van der Waals surface area contributed by atoms with Crippen molar-refractivity contribution in [1.29, 1.82) is 0 Å². The number of halogens is 1. The lowest BCUT2D eigenvalue weighted by molar-refractivity contribution is 0.904. The van der Waals surface area contributed by atoms with Crippen LogP contribution in [0.15, 0.2) is 10.9 Å². The average molecular weight is 267 g/mol. The van der Waals surface area contributed by atoms with Crippen LogP contribution >= 0.6 is 11.6 Å². The molecule has 1 fully saturated rings. The summed E-state index contributed by atoms with van der Waals surface area (Å²) >= 11 is 5.94. The molecule has 0 unspecified atom stereocenters. The Hall–Kier alpha value is -1.89. The molecule has 0 aromatic carbocycles. The van der Waals surface area contributed by atoms with Crippen molar-refractivity contribution in [3.05, 3.63) is 33.4 Å². The zero-order valence-corrected chi connectivity index (χ0v) is 10.2. The van der Waals surface area contributed by atoms with Gasteiger partial charge in [0, 0.05) is 12.0 Å². The minimum Gasteiger partial charge on any atom is -0.363 e. The first-order valence-corrected chi connectivity index (χ1v) is 6.00. The van der Waals surface area contributed by atoms with E-state index in [1.807, 2.05) is 0 Å². The molecule has 18 heavy (non-hydrogen) atoms. The number of rotatable bonds is 4. The number of nitrogens with zero attached hydrogens (tertiary/aromatic N) is 3. The van der Waals surface area contributed by atoms with Gasteiger partial charge in [0.05, 0.1) is 6.54 Å². The van der Waals surface area contributed by atoms with Crippen LogP contribution in [0.5, 0.6) is 0 Å². The van der Waals surface area contributed by atoms with Crippen LogP contribution in [-0.2, 0) is 6.54 Å². The third kappa shape index (κ3) is 2.51. The molecule has 1 aliphatic rings. The van der Waals surface area contributed by atoms with E-state index in [4.69, 9.17) is 11.6 Å². The number of hydrogen-bond donors (Lipinski definition) is 3. The van der Waals surface area contributed by atoms with Crippen molar-refractivity contribution in [2.75, 3.05) is 5.32 Å². The van der Waals surface area contributed by atoms with Gasteiger partial charge in [-0.15, -0.1) is 0 Å². The van der Waals surface area contributed by atoms with E-state index in [2.05, 4.69) is 30.5 Å². The number of H-pyrrole nitrogens is 2. The van der Waals surface area contributed by atoms with Crippen molar-refractivity contribution in [3.63, 3.8) is 0 Å². The molecule has 0 saturated heterocycles. The highest BCUT2D eigenvalue weighted by Gasteiger charge is 2.27. The smallest absolute Gasteiger partial charge is 0.340 e. The minimum absolute atomic E-state index is 0.328. The Morgan fingerprint density at radius 1 is 1.44 bits per heavy atom. The lowest BCUT2D eigenvalue weighted by Crippen LogP contribution is -2.07. The highest BCUT2D eigenvalue weighted by Crippen LogP contribution is 2.38. The van der Waals surface area contributed by atoms with Crippen LogP contribution in [0, 0.1) is 0 Å². The molecule has 2 aromatic rings. The summed E-state index contributed by atoms with van der Waals surface area (Å²) in [6, 6.07) is 1.65. The van der Waals surface area contributed by atoms with Crippen molar-refractivity contribution >= 4 is 17.4 Å². The van der Waals surface area contributed by atoms with Crippen LogP contribution in [-0.4, -0.2) is 25.1 Å². The molecule has 0 atom stereocenters. The van der Waals surface area contributed by atoms with Crippen LogP contribution in [0.4, 0.5) is 5.82 Å². The summed E-state index contributed by atoms with van der Waals surface area (Å²) in [4.78, 5) is 22.0. The van der Waals surface area contributed by atoms with Crippen LogP contribution in [0.3, 0.4) is 0 Å². The molecular formula is C10H11ClN6O. The van der Waals surface area contributed by atoms with E-state index in [-0.39, 0.29) is 5.69 Å². The van der Waals surface area contributed by atoms with E-state index < -0.39 is 0 Å². The fraction of sp³-hybridized carbons (Fsp3) is 0.400. The number of hydrogen-bond acceptors (Lipinski definition) is 5. The summed E-state index contributed by atoms with van der Waals surface area (Å²) in [5, 5.41) is 9.56. The van der Waals surface area contributed by atoms with E-state index >= 15 is 0 Å². The standard InChI is InChI=1S/C10H11ClN6O/c11-6-3-7(14-9(13-6)5-1-2-5)12-4-8-15-10(18)17-16-8/h3,5H,1-2,4H2,(H,12,13,14)(H2,15,16,17,18). The van der Waals surface area contributed by atoms with Gasteiger partial charge in [0.15, 0.2) is 0 Å². The summed E-state index contributed by atoms with van der Waals surface area (Å²) in [7, 11) is 0. The van der Waals surface area contributed by atoms with Gasteiger partial charge in [0.1, 0.15) is 22.6 Å². The molecule has 0 radical (unpaired) electrons. The SMILES string of the molecule is O=c1[nH]nc(CNc2cc(Cl)nc(C3CC3)n2)[nH]1. The minimum atomic E-state index is -0.328. The molecule has 0 spiro atoms. The van der Waals surface area contributed by atoms with Crippen LogP contribution in [0.25, 0.3) is 0 Å². The Labute approximate surface area is 107 Å². The van der Waals surface area contributed by atoms with Gasteiger partial charge in [-0.2, -0.15) is 5.10 Å². The predicted molar refractivity (Wildman–Crippen MR) is 65.6 cm³/mol. The van der Waals surface area contributed by atoms with Gasteiger partial charge in [-0.3, -0.25) is 4.98 Å². The van der Waals surface area contributed by atoms with Gasteiger partial charge in [-0.05, 0) is 12.8 Å². The molecular weight excluding hydrogens is 256 g/mol. The normalized spacial score (nSPS) is 14.7. The monoisotopic (exact) mass is 266 g/mol. The molecule has 3 rings (SSSR count). The lowest BCUT2D eigenvalue weighted by Gasteiger charge is -2.05. The first-order chi connectivity index (χ1) is 8.70. The molecule has 0 aliphatic heterocycles. The number of aromatic amines is 2. The quantitative estimate of drug-likeness (QED) is 0.718. The second kappa shape index (κ2) is 4.41. The van der Waals surface area contributed by atoms with Gasteiger partial charge >= 0.3 is 5.69 Å². The van der Waals surface area contributed by atoms with Gasteiger partial charge in [0.25, 0.3) is 0 Å². The summed E-state index contributed by atoms with van der Waals surface area (Å²) < 4.78 is 0. The zero-order valence-electron chi connectivity index (χ0n) is 9.40. The topological polar surface area (TPSA) is 99.3 Å². The zero-order chi connectivity index (χ0) is 12.5. The summed E-state index contributed by atoms with van der Waals surface area (Å²) in [5.74, 6) is 2.37. The molecule has 2 aromatic heterocycles. The van der Waals surface area contributed by atoms with Crippen LogP contribution in [0.1, 0.15) is 30.4 Å². The molecule has 7 nitrogen and oxygen atoms in total. The van der Waals surface area contributed by atoms with Crippen molar-refractivity contribution in [3.8, 4) is 0 Å². The van der Waals surface area contributed by atoms with Gasteiger partial charge < -0.3 is 5.32 Å². The first kappa shape index (κ1) is 11.2. The van der Waals surface area contributed by atoms with Gasteiger partial charge in [-0.1, -0.05) is 11.6 Å². The number of nitrogens with one attached hydrogen (secondary N) is 3. The molecule has 0 amide bonds. The van der Waals surface area contributed by atoms with Crippen LogP contribution < -0.4 is 11.0 Å². The van der Waals surface area contributed by atoms with Crippen molar-refractivity contribution in [2.45, 2.75) is 25.3 Å². The van der Waals surface area contributed by atoms with Crippen molar-refractivity contribution in [1.82, 2.24) is 25.1 Å². The molecule has 8 heteroatoms. The van der Waals surface area contributed by atoms with Gasteiger partial charge in [-0.25, -0.2) is 19.9 Å². The number of anilines is 1. The second-order valence-electron chi connectivity index (χ2n) is 4.19. The second-order valence-corrected chi connectivity index (χ2v) is 4.57. The van der Waals surface area contributed by atoms with E-state index in [0.717, 1.165) is 18.7 Å². The largest absolute Gasteiger partial charge is 0.363 e. The van der Waals surface area contributed by atoms with E-state index in [0.29, 0.717) is 29.3 Å². The third-order valence-electron chi connectivity index (χ3n) is 2.64. The Balaban J connectivity index is 1.73. The Morgan fingerprint density at radius 2 is 2.28 bits per heavy atom. The summed E-state index contributed by atoms with van der Waals surface area (Å²) in [6.45, 7) is 0.371. The molecule has 94 valence electrons. The average Bonchev–Trinajstić information content (AvgIpc) is 3.10. The molecule has 1 aliphatic carbocycles. The maximum Gasteiger partial charge on any atom is 0.340 e. The third-order valence-corrected chi connectivity index (χ3v) is 2.84. The lowest BCUT2D eigenvalue weighted by atomic mass is 10.4. The highest BCUT2D eigenvalue weighted by molar-refractivity contribution is 6.29. The maximum atomic E-state index is 10.9. The Kier molecular flexibility index (Phi) is 2.75. The maximum absolute atomic E-state index is 10.9. The van der Waals surface area contributed by atoms with E-state index in [1.165, 1.54) is 0 Å². The fourth-order valence-electron chi connectivity index (χ4n) is 1.61. The van der Waals surface area contributed by atoms with Crippen molar-refractivity contribution < 1.29 is 0 Å². The molecule has 3 N–H and O–H groups in total. The van der Waals surface area contributed by atoms with Crippen LogP contribution in [0.2, 0.25) is 5.15 Å². The molecule has 0 bridgehead atoms. The first-order valence-electron chi connectivity index (χ1n) is 5.62. The van der Waals surface area contributed by atoms with E-state index in [9.17, 15) is 4.79 Å². The van der Waals surface area contributed by atoms with Crippen molar-refractivity contribution in [2.24, 2.45) is 0 Å². The Bertz CT molecular complexity index is 617. The van der Waals surface area contributed by atoms with Gasteiger partial charge in [0.2, 0.25) is 0 Å². The predicted octanol–water partition coefficient (Wildman–Crippen LogP) is 1.03. The number of aromatic nitrogens is 5. The Morgan fingerprint density at radius 3 is 2.94 bits per heavy atom. The highest BCUT2D eigenvalue weighted by atomic mass is 35.5. The fourth-order valence-corrected chi connectivity index (χ4v) is 1.80. The molecule has 1 saturated carbocycles. The molecule has 2 heterocycles. The summed E-state index contributed by atoms with van der Waals surface area (Å²) in [5.41, 5.74) is -0.328. The van der Waals surface area contributed by atoms with E-state index in [1.54, 1.807) is 6.07 Å².